The predicted octanol–water partition coefficient (Wildman–Crippen LogP) is 1.73. The summed E-state index contributed by atoms with van der Waals surface area (Å²) in [5.74, 6) is 0.462. The van der Waals surface area contributed by atoms with Crippen LogP contribution in [0.15, 0.2) is 10.6 Å². The first-order valence-corrected chi connectivity index (χ1v) is 6.98. The van der Waals surface area contributed by atoms with Crippen LogP contribution in [0.25, 0.3) is 0 Å². The van der Waals surface area contributed by atoms with Crippen LogP contribution in [0.2, 0.25) is 0 Å². The van der Waals surface area contributed by atoms with E-state index < -0.39 is 5.54 Å². The van der Waals surface area contributed by atoms with Crippen LogP contribution in [0.4, 0.5) is 0 Å². The molecule has 1 fully saturated rings. The summed E-state index contributed by atoms with van der Waals surface area (Å²) < 4.78 is 5.04. The lowest BCUT2D eigenvalue weighted by molar-refractivity contribution is -0.123. The average Bonchev–Trinajstić information content (AvgIpc) is 2.65. The number of aliphatic hydroxyl groups is 1. The van der Waals surface area contributed by atoms with E-state index in [-0.39, 0.29) is 18.9 Å². The first-order valence-electron chi connectivity index (χ1n) is 6.98. The van der Waals surface area contributed by atoms with E-state index in [1.165, 1.54) is 12.8 Å². The van der Waals surface area contributed by atoms with E-state index in [9.17, 15) is 9.90 Å². The molecule has 1 saturated carbocycles. The summed E-state index contributed by atoms with van der Waals surface area (Å²) in [6, 6.07) is 1.76. The molecular weight excluding hydrogens is 244 g/mol. The second-order valence-corrected chi connectivity index (χ2v) is 5.51. The fraction of sp³-hybridized carbons (Fsp3) is 0.714. The van der Waals surface area contributed by atoms with Crippen molar-refractivity contribution >= 4 is 5.91 Å². The molecule has 0 unspecified atom stereocenters. The summed E-state index contributed by atoms with van der Waals surface area (Å²) in [4.78, 5) is 12.1. The van der Waals surface area contributed by atoms with Crippen LogP contribution in [-0.2, 0) is 11.2 Å². The number of amides is 1. The monoisotopic (exact) mass is 266 g/mol. The Hall–Kier alpha value is -1.36. The standard InChI is InChI=1S/C14H22N2O3/c1-11-8-12(19-16-11)9-13(18)15-14(10-17)6-4-2-3-5-7-14/h8,17H,2-7,9-10H2,1H3,(H,15,18). The number of nitrogens with zero attached hydrogens (tertiary/aromatic N) is 1. The molecular formula is C14H22N2O3. The van der Waals surface area contributed by atoms with Crippen LogP contribution in [0, 0.1) is 6.92 Å². The molecule has 1 heterocycles. The molecule has 5 nitrogen and oxygen atoms in total. The Morgan fingerprint density at radius 3 is 2.63 bits per heavy atom. The maximum atomic E-state index is 12.1. The molecule has 0 spiro atoms. The highest BCUT2D eigenvalue weighted by Crippen LogP contribution is 2.26. The van der Waals surface area contributed by atoms with Gasteiger partial charge in [0.2, 0.25) is 5.91 Å². The minimum atomic E-state index is -0.442. The van der Waals surface area contributed by atoms with Crippen molar-refractivity contribution in [2.45, 2.75) is 57.4 Å². The lowest BCUT2D eigenvalue weighted by atomic mass is 9.91. The van der Waals surface area contributed by atoms with E-state index in [4.69, 9.17) is 4.52 Å². The highest BCUT2D eigenvalue weighted by Gasteiger charge is 2.31. The van der Waals surface area contributed by atoms with Crippen molar-refractivity contribution in [1.29, 1.82) is 0 Å². The molecule has 0 aliphatic heterocycles. The summed E-state index contributed by atoms with van der Waals surface area (Å²) in [5, 5.41) is 16.4. The summed E-state index contributed by atoms with van der Waals surface area (Å²) in [5.41, 5.74) is 0.331. The molecule has 0 atom stereocenters. The van der Waals surface area contributed by atoms with Crippen LogP contribution in [0.3, 0.4) is 0 Å². The Labute approximate surface area is 113 Å². The van der Waals surface area contributed by atoms with Crippen LogP contribution in [0.1, 0.15) is 50.0 Å². The van der Waals surface area contributed by atoms with Gasteiger partial charge >= 0.3 is 0 Å². The van der Waals surface area contributed by atoms with Gasteiger partial charge in [0.15, 0.2) is 0 Å². The van der Waals surface area contributed by atoms with Crippen LogP contribution < -0.4 is 5.32 Å². The van der Waals surface area contributed by atoms with Crippen molar-refractivity contribution < 1.29 is 14.4 Å². The second kappa shape index (κ2) is 6.19. The molecule has 2 rings (SSSR count). The van der Waals surface area contributed by atoms with Crippen molar-refractivity contribution in [1.82, 2.24) is 10.5 Å². The van der Waals surface area contributed by atoms with E-state index >= 15 is 0 Å². The minimum Gasteiger partial charge on any atom is -0.394 e. The van der Waals surface area contributed by atoms with Gasteiger partial charge < -0.3 is 14.9 Å². The van der Waals surface area contributed by atoms with E-state index in [1.807, 2.05) is 6.92 Å². The number of rotatable bonds is 4. The van der Waals surface area contributed by atoms with Gasteiger partial charge in [0.05, 0.1) is 24.3 Å². The third-order valence-corrected chi connectivity index (χ3v) is 3.78. The van der Waals surface area contributed by atoms with E-state index in [2.05, 4.69) is 10.5 Å². The normalized spacial score (nSPS) is 18.8. The quantitative estimate of drug-likeness (QED) is 0.814. The molecule has 1 aromatic heterocycles. The van der Waals surface area contributed by atoms with Crippen molar-refractivity contribution in [2.24, 2.45) is 0 Å². The van der Waals surface area contributed by atoms with E-state index in [1.54, 1.807) is 6.07 Å². The lowest BCUT2D eigenvalue weighted by Crippen LogP contribution is -2.51. The van der Waals surface area contributed by atoms with Gasteiger partial charge in [0.1, 0.15) is 5.76 Å². The molecule has 0 bridgehead atoms. The third-order valence-electron chi connectivity index (χ3n) is 3.78. The lowest BCUT2D eigenvalue weighted by Gasteiger charge is -2.31. The van der Waals surface area contributed by atoms with Gasteiger partial charge in [-0.25, -0.2) is 0 Å². The summed E-state index contributed by atoms with van der Waals surface area (Å²) in [6.45, 7) is 1.83. The highest BCUT2D eigenvalue weighted by molar-refractivity contribution is 5.78. The molecule has 1 aliphatic rings. The molecule has 0 saturated heterocycles. The summed E-state index contributed by atoms with van der Waals surface area (Å²) in [6.07, 6.45) is 6.36. The fourth-order valence-corrected chi connectivity index (χ4v) is 2.73. The smallest absolute Gasteiger partial charge is 0.228 e. The molecule has 0 aromatic carbocycles. The topological polar surface area (TPSA) is 75.4 Å². The third kappa shape index (κ3) is 3.80. The minimum absolute atomic E-state index is 0.00811. The Morgan fingerprint density at radius 2 is 2.11 bits per heavy atom. The van der Waals surface area contributed by atoms with Crippen LogP contribution in [-0.4, -0.2) is 28.3 Å². The first-order chi connectivity index (χ1) is 9.13. The van der Waals surface area contributed by atoms with Crippen molar-refractivity contribution in [3.05, 3.63) is 17.5 Å². The predicted molar refractivity (Wildman–Crippen MR) is 70.6 cm³/mol. The van der Waals surface area contributed by atoms with E-state index in [0.29, 0.717) is 5.76 Å². The SMILES string of the molecule is Cc1cc(CC(=O)NC2(CO)CCCCCC2)on1. The van der Waals surface area contributed by atoms with Crippen LogP contribution >= 0.6 is 0 Å². The van der Waals surface area contributed by atoms with Gasteiger partial charge in [-0.15, -0.1) is 0 Å². The molecule has 1 aliphatic carbocycles. The highest BCUT2D eigenvalue weighted by atomic mass is 16.5. The molecule has 2 N–H and O–H groups in total. The zero-order chi connectivity index (χ0) is 13.7. The number of aryl methyl sites for hydroxylation is 1. The fourth-order valence-electron chi connectivity index (χ4n) is 2.73. The summed E-state index contributed by atoms with van der Waals surface area (Å²) in [7, 11) is 0. The number of carbonyl (C=O) groups excluding carboxylic acids is 1. The van der Waals surface area contributed by atoms with E-state index in [0.717, 1.165) is 31.4 Å². The van der Waals surface area contributed by atoms with Gasteiger partial charge in [-0.05, 0) is 19.8 Å². The van der Waals surface area contributed by atoms with Gasteiger partial charge in [-0.2, -0.15) is 0 Å². The largest absolute Gasteiger partial charge is 0.394 e. The Kier molecular flexibility index (Phi) is 4.58. The number of aromatic nitrogens is 1. The first kappa shape index (κ1) is 14.1. The molecule has 106 valence electrons. The number of nitrogens with one attached hydrogen (secondary N) is 1. The Morgan fingerprint density at radius 1 is 1.42 bits per heavy atom. The summed E-state index contributed by atoms with van der Waals surface area (Å²) >= 11 is 0. The average molecular weight is 266 g/mol. The number of hydrogen-bond donors (Lipinski definition) is 2. The second-order valence-electron chi connectivity index (χ2n) is 5.51. The van der Waals surface area contributed by atoms with Gasteiger partial charge in [0.25, 0.3) is 0 Å². The maximum Gasteiger partial charge on any atom is 0.228 e. The zero-order valence-corrected chi connectivity index (χ0v) is 11.4. The number of aliphatic hydroxyl groups excluding tert-OH is 1. The number of hydrogen-bond acceptors (Lipinski definition) is 4. The Balaban J connectivity index is 1.95. The zero-order valence-electron chi connectivity index (χ0n) is 11.4. The molecule has 1 aromatic rings. The van der Waals surface area contributed by atoms with Crippen molar-refractivity contribution in [3.8, 4) is 0 Å². The number of carbonyl (C=O) groups is 1. The molecule has 5 heteroatoms. The van der Waals surface area contributed by atoms with Gasteiger partial charge in [-0.3, -0.25) is 4.79 Å². The van der Waals surface area contributed by atoms with Crippen molar-refractivity contribution in [3.63, 3.8) is 0 Å². The molecule has 1 amide bonds. The van der Waals surface area contributed by atoms with Crippen LogP contribution in [0.5, 0.6) is 0 Å². The van der Waals surface area contributed by atoms with Gasteiger partial charge in [-0.1, -0.05) is 30.8 Å². The molecule has 19 heavy (non-hydrogen) atoms. The molecule has 0 radical (unpaired) electrons. The van der Waals surface area contributed by atoms with Gasteiger partial charge in [0, 0.05) is 6.07 Å². The van der Waals surface area contributed by atoms with Crippen molar-refractivity contribution in [2.75, 3.05) is 6.61 Å². The maximum absolute atomic E-state index is 12.1. The Bertz CT molecular complexity index is 420.